The molecule has 1 aliphatic carbocycles. The van der Waals surface area contributed by atoms with Crippen molar-refractivity contribution in [1.82, 2.24) is 0 Å². The molecule has 1 fully saturated rings. The lowest BCUT2D eigenvalue weighted by Crippen LogP contribution is -2.31. The van der Waals surface area contributed by atoms with E-state index in [1.54, 1.807) is 14.2 Å². The van der Waals surface area contributed by atoms with Crippen LogP contribution in [-0.2, 0) is 19.0 Å². The van der Waals surface area contributed by atoms with Gasteiger partial charge in [-0.3, -0.25) is 4.79 Å². The van der Waals surface area contributed by atoms with Crippen molar-refractivity contribution < 1.29 is 19.0 Å². The Hall–Kier alpha value is -0.890. The molecule has 0 unspecified atom stereocenters. The number of rotatable bonds is 9. The van der Waals surface area contributed by atoms with Gasteiger partial charge in [-0.05, 0) is 24.2 Å². The zero-order valence-electron chi connectivity index (χ0n) is 12.8. The summed E-state index contributed by atoms with van der Waals surface area (Å²) in [7, 11) is 3.11. The highest BCUT2D eigenvalue weighted by Crippen LogP contribution is 2.32. The van der Waals surface area contributed by atoms with E-state index in [9.17, 15) is 4.79 Å². The smallest absolute Gasteiger partial charge is 0.234 e. The van der Waals surface area contributed by atoms with Gasteiger partial charge in [0.2, 0.25) is 5.78 Å². The van der Waals surface area contributed by atoms with Crippen LogP contribution in [0.3, 0.4) is 0 Å². The van der Waals surface area contributed by atoms with Crippen LogP contribution in [0.2, 0.25) is 0 Å². The lowest BCUT2D eigenvalue weighted by Gasteiger charge is -2.28. The molecule has 4 heteroatoms. The summed E-state index contributed by atoms with van der Waals surface area (Å²) >= 11 is 0. The topological polar surface area (TPSA) is 44.8 Å². The second-order valence-electron chi connectivity index (χ2n) is 5.44. The van der Waals surface area contributed by atoms with E-state index in [0.717, 1.165) is 12.3 Å². The van der Waals surface area contributed by atoms with Crippen molar-refractivity contribution in [3.05, 3.63) is 0 Å². The molecule has 0 heterocycles. The first-order valence-electron chi connectivity index (χ1n) is 7.31. The molecule has 2 atom stereocenters. The summed E-state index contributed by atoms with van der Waals surface area (Å²) in [5.41, 5.74) is 0. The fourth-order valence-electron chi connectivity index (χ4n) is 2.34. The number of carbonyl (C=O) groups is 1. The number of hydrogen-bond acceptors (Lipinski definition) is 4. The van der Waals surface area contributed by atoms with E-state index in [1.807, 2.05) is 0 Å². The first-order chi connectivity index (χ1) is 9.69. The second kappa shape index (κ2) is 9.93. The van der Waals surface area contributed by atoms with Crippen molar-refractivity contribution in [3.63, 3.8) is 0 Å². The molecule has 0 spiro atoms. The van der Waals surface area contributed by atoms with Crippen molar-refractivity contribution in [2.24, 2.45) is 11.8 Å². The van der Waals surface area contributed by atoms with Crippen LogP contribution in [-0.4, -0.2) is 39.5 Å². The Labute approximate surface area is 122 Å². The van der Waals surface area contributed by atoms with Crippen molar-refractivity contribution in [1.29, 1.82) is 0 Å². The number of ketones is 1. The predicted octanol–water partition coefficient (Wildman–Crippen LogP) is 2.41. The molecule has 4 nitrogen and oxygen atoms in total. The number of ether oxygens (including phenoxy) is 3. The Morgan fingerprint density at radius 1 is 1.30 bits per heavy atom. The summed E-state index contributed by atoms with van der Waals surface area (Å²) in [6.45, 7) is 2.43. The number of carbonyl (C=O) groups excluding carboxylic acids is 1. The average Bonchev–Trinajstić information content (AvgIpc) is 2.37. The van der Waals surface area contributed by atoms with Crippen molar-refractivity contribution in [2.75, 3.05) is 27.6 Å². The van der Waals surface area contributed by atoms with Crippen LogP contribution in [0.1, 0.15) is 39.0 Å². The monoisotopic (exact) mass is 282 g/mol. The van der Waals surface area contributed by atoms with Crippen LogP contribution in [0.4, 0.5) is 0 Å². The summed E-state index contributed by atoms with van der Waals surface area (Å²) in [6, 6.07) is 0. The third-order valence-corrected chi connectivity index (χ3v) is 3.82. The summed E-state index contributed by atoms with van der Waals surface area (Å²) in [6.07, 6.45) is 5.68. The molecular weight excluding hydrogens is 256 g/mol. The highest BCUT2D eigenvalue weighted by molar-refractivity contribution is 5.99. The van der Waals surface area contributed by atoms with Crippen LogP contribution in [0.15, 0.2) is 0 Å². The van der Waals surface area contributed by atoms with Gasteiger partial charge in [0.1, 0.15) is 19.5 Å². The molecular formula is C16H26O4. The van der Waals surface area contributed by atoms with Crippen molar-refractivity contribution in [2.45, 2.75) is 45.1 Å². The van der Waals surface area contributed by atoms with E-state index in [2.05, 4.69) is 18.8 Å². The van der Waals surface area contributed by atoms with Crippen LogP contribution in [0.5, 0.6) is 0 Å². The quantitative estimate of drug-likeness (QED) is 0.370. The first kappa shape index (κ1) is 17.2. The van der Waals surface area contributed by atoms with E-state index >= 15 is 0 Å². The maximum Gasteiger partial charge on any atom is 0.234 e. The molecule has 0 aromatic heterocycles. The van der Waals surface area contributed by atoms with E-state index in [4.69, 9.17) is 14.2 Å². The fourth-order valence-corrected chi connectivity index (χ4v) is 2.34. The lowest BCUT2D eigenvalue weighted by molar-refractivity contribution is -0.139. The minimum absolute atomic E-state index is 0.121. The molecule has 1 saturated carbocycles. The Morgan fingerprint density at radius 2 is 2.05 bits per heavy atom. The minimum atomic E-state index is -0.501. The predicted molar refractivity (Wildman–Crippen MR) is 77.1 cm³/mol. The third-order valence-electron chi connectivity index (χ3n) is 3.82. The highest BCUT2D eigenvalue weighted by Gasteiger charge is 2.26. The van der Waals surface area contributed by atoms with Crippen LogP contribution in [0.25, 0.3) is 0 Å². The molecule has 20 heavy (non-hydrogen) atoms. The van der Waals surface area contributed by atoms with Gasteiger partial charge in [0.25, 0.3) is 0 Å². The SMILES string of the molecule is COCC#CC(=O)[C@H](OCOC)[C@@H](C)CCC1CCC1. The van der Waals surface area contributed by atoms with E-state index in [0.29, 0.717) is 0 Å². The molecule has 1 aliphatic rings. The molecule has 1 rings (SSSR count). The Balaban J connectivity index is 2.47. The Kier molecular flexibility index (Phi) is 8.52. The Bertz CT molecular complexity index is 338. The lowest BCUT2D eigenvalue weighted by atomic mass is 9.80. The third kappa shape index (κ3) is 6.04. The average molecular weight is 282 g/mol. The number of hydrogen-bond donors (Lipinski definition) is 0. The first-order valence-corrected chi connectivity index (χ1v) is 7.31. The van der Waals surface area contributed by atoms with Gasteiger partial charge in [0.15, 0.2) is 0 Å². The van der Waals surface area contributed by atoms with Crippen LogP contribution >= 0.6 is 0 Å². The van der Waals surface area contributed by atoms with Gasteiger partial charge < -0.3 is 14.2 Å². The van der Waals surface area contributed by atoms with Gasteiger partial charge in [-0.25, -0.2) is 0 Å². The van der Waals surface area contributed by atoms with E-state index in [1.165, 1.54) is 25.7 Å². The van der Waals surface area contributed by atoms with Gasteiger partial charge in [-0.15, -0.1) is 0 Å². The number of methoxy groups -OCH3 is 2. The largest absolute Gasteiger partial charge is 0.372 e. The van der Waals surface area contributed by atoms with E-state index < -0.39 is 6.10 Å². The maximum atomic E-state index is 12.1. The maximum absolute atomic E-state index is 12.1. The summed E-state index contributed by atoms with van der Waals surface area (Å²) < 4.78 is 15.2. The molecule has 114 valence electrons. The van der Waals surface area contributed by atoms with Gasteiger partial charge in [0, 0.05) is 14.2 Å². The van der Waals surface area contributed by atoms with Gasteiger partial charge in [-0.2, -0.15) is 0 Å². The van der Waals surface area contributed by atoms with Crippen LogP contribution in [0, 0.1) is 23.7 Å². The van der Waals surface area contributed by atoms with Crippen molar-refractivity contribution >= 4 is 5.78 Å². The van der Waals surface area contributed by atoms with Crippen molar-refractivity contribution in [3.8, 4) is 11.8 Å². The minimum Gasteiger partial charge on any atom is -0.372 e. The van der Waals surface area contributed by atoms with Crippen LogP contribution < -0.4 is 0 Å². The molecule has 0 radical (unpaired) electrons. The van der Waals surface area contributed by atoms with Gasteiger partial charge >= 0.3 is 0 Å². The molecule has 0 aromatic rings. The number of Topliss-reactive ketones (excluding diaryl/α,β-unsaturated/α-hetero) is 1. The molecule has 0 saturated heterocycles. The Morgan fingerprint density at radius 3 is 2.60 bits per heavy atom. The molecule has 0 amide bonds. The molecule has 0 N–H and O–H groups in total. The van der Waals surface area contributed by atoms with E-state index in [-0.39, 0.29) is 25.1 Å². The second-order valence-corrected chi connectivity index (χ2v) is 5.44. The summed E-state index contributed by atoms with van der Waals surface area (Å²) in [5.74, 6) is 6.11. The van der Waals surface area contributed by atoms with Gasteiger partial charge in [-0.1, -0.05) is 38.5 Å². The van der Waals surface area contributed by atoms with Gasteiger partial charge in [0.05, 0.1) is 0 Å². The standard InChI is InChI=1S/C16H26O4/c1-13(9-10-14-6-4-7-14)16(20-12-19-3)15(17)8-5-11-18-2/h13-14,16H,4,6-7,9-12H2,1-3H3/t13-,16+/m0/s1. The fraction of sp³-hybridized carbons (Fsp3) is 0.812. The summed E-state index contributed by atoms with van der Waals surface area (Å²) in [4.78, 5) is 12.1. The molecule has 0 aliphatic heterocycles. The highest BCUT2D eigenvalue weighted by atomic mass is 16.7. The normalized spacial score (nSPS) is 17.8. The zero-order chi connectivity index (χ0) is 14.8. The summed E-state index contributed by atoms with van der Waals surface area (Å²) in [5, 5.41) is 0. The molecule has 0 aromatic carbocycles. The zero-order valence-corrected chi connectivity index (χ0v) is 12.8. The molecule has 0 bridgehead atoms.